The van der Waals surface area contributed by atoms with Gasteiger partial charge in [0.1, 0.15) is 18.6 Å². The summed E-state index contributed by atoms with van der Waals surface area (Å²) in [5.41, 5.74) is 0.654. The maximum atomic E-state index is 12.5. The van der Waals surface area contributed by atoms with Crippen molar-refractivity contribution in [2.24, 2.45) is 0 Å². The molecule has 1 amide bonds. The zero-order chi connectivity index (χ0) is 14.8. The second-order valence-electron chi connectivity index (χ2n) is 5.28. The Kier molecular flexibility index (Phi) is 4.45. The lowest BCUT2D eigenvalue weighted by Gasteiger charge is -2.29. The first kappa shape index (κ1) is 14.8. The molecule has 0 N–H and O–H groups in total. The maximum Gasteiger partial charge on any atom is 0.245 e. The van der Waals surface area contributed by atoms with Crippen molar-refractivity contribution in [2.45, 2.75) is 24.6 Å². The fourth-order valence-corrected chi connectivity index (χ4v) is 3.23. The first-order valence-electron chi connectivity index (χ1n) is 7.19. The van der Waals surface area contributed by atoms with E-state index in [1.54, 1.807) is 12.1 Å². The first-order valence-corrected chi connectivity index (χ1v) is 8.00. The van der Waals surface area contributed by atoms with Crippen molar-refractivity contribution in [3.05, 3.63) is 22.7 Å². The van der Waals surface area contributed by atoms with Gasteiger partial charge < -0.3 is 14.4 Å². The van der Waals surface area contributed by atoms with Crippen LogP contribution in [0.2, 0.25) is 5.02 Å². The molecule has 114 valence electrons. The number of hydrogen-bond donors (Lipinski definition) is 0. The summed E-state index contributed by atoms with van der Waals surface area (Å²) >= 11 is 12.6. The van der Waals surface area contributed by atoms with Gasteiger partial charge in [-0.25, -0.2) is 0 Å². The molecule has 21 heavy (non-hydrogen) atoms. The Morgan fingerprint density at radius 3 is 2.62 bits per heavy atom. The van der Waals surface area contributed by atoms with Crippen LogP contribution < -0.4 is 9.47 Å². The fourth-order valence-electron chi connectivity index (χ4n) is 2.69. The number of amides is 1. The van der Waals surface area contributed by atoms with Crippen molar-refractivity contribution in [3.8, 4) is 11.5 Å². The number of carbonyl (C=O) groups is 1. The highest BCUT2D eigenvalue weighted by Gasteiger charge is 2.27. The average molecular weight is 330 g/mol. The van der Waals surface area contributed by atoms with Crippen LogP contribution in [0.15, 0.2) is 12.1 Å². The number of piperidine rings is 1. The van der Waals surface area contributed by atoms with E-state index in [0.717, 1.165) is 25.9 Å². The van der Waals surface area contributed by atoms with E-state index in [2.05, 4.69) is 0 Å². The number of carbonyl (C=O) groups excluding carboxylic acids is 1. The highest BCUT2D eigenvalue weighted by molar-refractivity contribution is 6.33. The lowest BCUT2D eigenvalue weighted by Crippen LogP contribution is -2.37. The number of fused-ring (bicyclic) bond motifs is 1. The lowest BCUT2D eigenvalue weighted by atomic mass is 10.1. The van der Waals surface area contributed by atoms with Gasteiger partial charge in [0.15, 0.2) is 11.5 Å². The Hall–Kier alpha value is -1.13. The number of halogens is 2. The number of benzene rings is 1. The summed E-state index contributed by atoms with van der Waals surface area (Å²) in [4.78, 5) is 14.3. The highest BCUT2D eigenvalue weighted by Crippen LogP contribution is 2.41. The molecule has 1 aromatic rings. The SMILES string of the molecule is O=C(C(Cl)c1cc(Cl)c2c(c1)OCCO2)N1CCCCC1. The van der Waals surface area contributed by atoms with E-state index in [1.807, 2.05) is 4.90 Å². The van der Waals surface area contributed by atoms with Gasteiger partial charge in [0.25, 0.3) is 0 Å². The topological polar surface area (TPSA) is 38.8 Å². The van der Waals surface area contributed by atoms with Gasteiger partial charge in [0.2, 0.25) is 5.91 Å². The van der Waals surface area contributed by atoms with E-state index < -0.39 is 5.38 Å². The second-order valence-corrected chi connectivity index (χ2v) is 6.12. The van der Waals surface area contributed by atoms with E-state index in [4.69, 9.17) is 32.7 Å². The second kappa shape index (κ2) is 6.32. The number of rotatable bonds is 2. The highest BCUT2D eigenvalue weighted by atomic mass is 35.5. The van der Waals surface area contributed by atoms with Crippen LogP contribution in [0, 0.1) is 0 Å². The third-order valence-corrected chi connectivity index (χ3v) is 4.52. The largest absolute Gasteiger partial charge is 0.486 e. The van der Waals surface area contributed by atoms with Crippen LogP contribution in [-0.4, -0.2) is 37.1 Å². The molecular weight excluding hydrogens is 313 g/mol. The lowest BCUT2D eigenvalue weighted by molar-refractivity contribution is -0.131. The van der Waals surface area contributed by atoms with E-state index in [-0.39, 0.29) is 5.91 Å². The van der Waals surface area contributed by atoms with Gasteiger partial charge in [-0.1, -0.05) is 11.6 Å². The van der Waals surface area contributed by atoms with Crippen molar-refractivity contribution in [1.82, 2.24) is 4.90 Å². The summed E-state index contributed by atoms with van der Waals surface area (Å²) in [5, 5.41) is -0.310. The third-order valence-electron chi connectivity index (χ3n) is 3.80. The Morgan fingerprint density at radius 1 is 1.14 bits per heavy atom. The van der Waals surface area contributed by atoms with Crippen molar-refractivity contribution in [2.75, 3.05) is 26.3 Å². The molecule has 2 aliphatic heterocycles. The van der Waals surface area contributed by atoms with Crippen LogP contribution in [0.25, 0.3) is 0 Å². The van der Waals surface area contributed by atoms with Gasteiger partial charge in [-0.2, -0.15) is 0 Å². The van der Waals surface area contributed by atoms with Gasteiger partial charge >= 0.3 is 0 Å². The molecule has 1 atom stereocenters. The summed E-state index contributed by atoms with van der Waals surface area (Å²) in [5.74, 6) is 1.02. The molecule has 0 bridgehead atoms. The number of hydrogen-bond acceptors (Lipinski definition) is 3. The molecule has 0 spiro atoms. The molecule has 2 aliphatic rings. The standard InChI is InChI=1S/C15H17Cl2NO3/c16-11-8-10(9-12-14(11)21-7-6-20-12)13(17)15(19)18-4-2-1-3-5-18/h8-9,13H,1-7H2. The number of likely N-dealkylation sites (tertiary alicyclic amines) is 1. The summed E-state index contributed by atoms with van der Waals surface area (Å²) in [7, 11) is 0. The minimum absolute atomic E-state index is 0.0656. The molecule has 1 unspecified atom stereocenters. The predicted octanol–water partition coefficient (Wildman–Crippen LogP) is 3.40. The van der Waals surface area contributed by atoms with E-state index in [9.17, 15) is 4.79 Å². The molecule has 1 fully saturated rings. The Labute approximate surface area is 133 Å². The summed E-state index contributed by atoms with van der Waals surface area (Å²) in [6.07, 6.45) is 3.25. The number of ether oxygens (including phenoxy) is 2. The predicted molar refractivity (Wildman–Crippen MR) is 81.5 cm³/mol. The van der Waals surface area contributed by atoms with E-state index >= 15 is 0 Å². The molecule has 0 saturated carbocycles. The van der Waals surface area contributed by atoms with Gasteiger partial charge in [-0.05, 0) is 37.0 Å². The van der Waals surface area contributed by atoms with Gasteiger partial charge in [-0.15, -0.1) is 11.6 Å². The summed E-state index contributed by atoms with van der Waals surface area (Å²) in [6, 6.07) is 3.44. The maximum absolute atomic E-state index is 12.5. The zero-order valence-corrected chi connectivity index (χ0v) is 13.1. The average Bonchev–Trinajstić information content (AvgIpc) is 2.54. The van der Waals surface area contributed by atoms with Gasteiger partial charge in [0.05, 0.1) is 5.02 Å². The van der Waals surface area contributed by atoms with Gasteiger partial charge in [-0.3, -0.25) is 4.79 Å². The molecule has 0 aliphatic carbocycles. The van der Waals surface area contributed by atoms with Crippen molar-refractivity contribution >= 4 is 29.1 Å². The summed E-state index contributed by atoms with van der Waals surface area (Å²) in [6.45, 7) is 2.50. The monoisotopic (exact) mass is 329 g/mol. The molecule has 1 saturated heterocycles. The molecule has 1 aromatic carbocycles. The van der Waals surface area contributed by atoms with Crippen molar-refractivity contribution in [3.63, 3.8) is 0 Å². The Balaban J connectivity index is 1.82. The molecule has 4 nitrogen and oxygen atoms in total. The number of alkyl halides is 1. The Bertz CT molecular complexity index is 544. The minimum atomic E-state index is -0.739. The van der Waals surface area contributed by atoms with Crippen LogP contribution >= 0.6 is 23.2 Å². The van der Waals surface area contributed by atoms with E-state index in [0.29, 0.717) is 35.3 Å². The van der Waals surface area contributed by atoms with Gasteiger partial charge in [0, 0.05) is 13.1 Å². The summed E-state index contributed by atoms with van der Waals surface area (Å²) < 4.78 is 11.0. The van der Waals surface area contributed by atoms with Crippen LogP contribution in [0.4, 0.5) is 0 Å². The van der Waals surface area contributed by atoms with Crippen molar-refractivity contribution < 1.29 is 14.3 Å². The smallest absolute Gasteiger partial charge is 0.245 e. The van der Waals surface area contributed by atoms with Crippen LogP contribution in [-0.2, 0) is 4.79 Å². The Morgan fingerprint density at radius 2 is 1.86 bits per heavy atom. The molecule has 3 rings (SSSR count). The van der Waals surface area contributed by atoms with E-state index in [1.165, 1.54) is 6.42 Å². The van der Waals surface area contributed by atoms with Crippen LogP contribution in [0.1, 0.15) is 30.2 Å². The first-order chi connectivity index (χ1) is 10.2. The van der Waals surface area contributed by atoms with Crippen LogP contribution in [0.3, 0.4) is 0 Å². The molecule has 0 radical (unpaired) electrons. The molecule has 0 aromatic heterocycles. The third kappa shape index (κ3) is 3.06. The normalized spacial score (nSPS) is 19.2. The number of nitrogens with zero attached hydrogens (tertiary/aromatic N) is 1. The van der Waals surface area contributed by atoms with Crippen molar-refractivity contribution in [1.29, 1.82) is 0 Å². The molecular formula is C15H17Cl2NO3. The molecule has 2 heterocycles. The zero-order valence-electron chi connectivity index (χ0n) is 11.6. The minimum Gasteiger partial charge on any atom is -0.486 e. The fraction of sp³-hybridized carbons (Fsp3) is 0.533. The van der Waals surface area contributed by atoms with Crippen LogP contribution in [0.5, 0.6) is 11.5 Å². The quantitative estimate of drug-likeness (QED) is 0.780. The molecule has 6 heteroatoms.